The number of alkyl halides is 13. The van der Waals surface area contributed by atoms with E-state index in [1.807, 2.05) is 0 Å². The van der Waals surface area contributed by atoms with Crippen LogP contribution in [0.1, 0.15) is 6.42 Å². The van der Waals surface area contributed by atoms with Crippen molar-refractivity contribution < 1.29 is 67.3 Å². The van der Waals surface area contributed by atoms with Crippen LogP contribution in [0.2, 0.25) is 0 Å². The highest BCUT2D eigenvalue weighted by Crippen LogP contribution is 2.60. The second-order valence-corrected chi connectivity index (χ2v) is 4.18. The summed E-state index contributed by atoms with van der Waals surface area (Å²) in [4.78, 5) is 0. The number of hydrogen-bond donors (Lipinski definition) is 2. The standard InChI is InChI=1S/C8H5F13O2/c9-3(10,1-2(22)23)4(11,12)5(13,14)6(15,16)7(17,18)8(19,20)21/h2,22-23H,1H2. The van der Waals surface area contributed by atoms with Gasteiger partial charge in [-0.25, -0.2) is 0 Å². The van der Waals surface area contributed by atoms with Gasteiger partial charge in [0.05, 0.1) is 6.42 Å². The van der Waals surface area contributed by atoms with Crippen LogP contribution in [0.3, 0.4) is 0 Å². The lowest BCUT2D eigenvalue weighted by atomic mass is 9.92. The minimum atomic E-state index is -7.98. The van der Waals surface area contributed by atoms with Crippen LogP contribution in [0.25, 0.3) is 0 Å². The number of halogens is 13. The van der Waals surface area contributed by atoms with Gasteiger partial charge in [0, 0.05) is 0 Å². The number of aliphatic hydroxyl groups is 2. The molecule has 0 aliphatic heterocycles. The average molecular weight is 380 g/mol. The van der Waals surface area contributed by atoms with E-state index in [-0.39, 0.29) is 0 Å². The molecule has 0 unspecified atom stereocenters. The van der Waals surface area contributed by atoms with Gasteiger partial charge in [0.1, 0.15) is 0 Å². The highest BCUT2D eigenvalue weighted by Gasteiger charge is 2.90. The summed E-state index contributed by atoms with van der Waals surface area (Å²) in [7, 11) is 0. The van der Waals surface area contributed by atoms with Crippen molar-refractivity contribution in [1.29, 1.82) is 0 Å². The molecule has 0 saturated carbocycles. The first-order valence-corrected chi connectivity index (χ1v) is 4.98. The molecular formula is C8H5F13O2. The van der Waals surface area contributed by atoms with Crippen LogP contribution in [0, 0.1) is 0 Å². The van der Waals surface area contributed by atoms with Crippen LogP contribution in [0.15, 0.2) is 0 Å². The summed E-state index contributed by atoms with van der Waals surface area (Å²) in [5.74, 6) is -37.6. The van der Waals surface area contributed by atoms with Crippen molar-refractivity contribution in [3.05, 3.63) is 0 Å². The molecule has 0 fully saturated rings. The largest absolute Gasteiger partial charge is 0.460 e. The van der Waals surface area contributed by atoms with Crippen LogP contribution in [-0.2, 0) is 0 Å². The number of aliphatic hydroxyl groups excluding tert-OH is 1. The van der Waals surface area contributed by atoms with Gasteiger partial charge in [-0.1, -0.05) is 0 Å². The first-order valence-electron chi connectivity index (χ1n) is 4.98. The third kappa shape index (κ3) is 3.16. The molecule has 0 aromatic rings. The van der Waals surface area contributed by atoms with Crippen LogP contribution >= 0.6 is 0 Å². The van der Waals surface area contributed by atoms with E-state index in [0.717, 1.165) is 0 Å². The molecule has 0 aromatic carbocycles. The Morgan fingerprint density at radius 3 is 1.09 bits per heavy atom. The molecule has 0 atom stereocenters. The zero-order chi connectivity index (χ0) is 19.3. The van der Waals surface area contributed by atoms with E-state index >= 15 is 0 Å². The van der Waals surface area contributed by atoms with Crippen molar-refractivity contribution >= 4 is 0 Å². The van der Waals surface area contributed by atoms with Gasteiger partial charge < -0.3 is 10.2 Å². The third-order valence-electron chi connectivity index (χ3n) is 2.44. The Kier molecular flexibility index (Phi) is 5.29. The molecule has 15 heteroatoms. The van der Waals surface area contributed by atoms with Gasteiger partial charge in [0.15, 0.2) is 6.29 Å². The molecule has 2 nitrogen and oxygen atoms in total. The van der Waals surface area contributed by atoms with Crippen LogP contribution in [-0.4, -0.2) is 52.3 Å². The van der Waals surface area contributed by atoms with Gasteiger partial charge in [-0.3, -0.25) is 0 Å². The minimum Gasteiger partial charge on any atom is -0.368 e. The normalized spacial score (nSPS) is 16.2. The SMILES string of the molecule is OC(O)CC(F)(F)C(F)(F)C(F)(F)C(F)(F)C(F)(F)C(F)(F)F. The highest BCUT2D eigenvalue weighted by molar-refractivity contribution is 5.10. The topological polar surface area (TPSA) is 40.5 Å². The molecule has 0 aliphatic rings. The van der Waals surface area contributed by atoms with Gasteiger partial charge in [0.25, 0.3) is 0 Å². The van der Waals surface area contributed by atoms with E-state index in [0.29, 0.717) is 0 Å². The zero-order valence-electron chi connectivity index (χ0n) is 10.1. The van der Waals surface area contributed by atoms with Crippen molar-refractivity contribution in [2.75, 3.05) is 0 Å². The molecule has 0 aromatic heterocycles. The molecule has 23 heavy (non-hydrogen) atoms. The smallest absolute Gasteiger partial charge is 0.368 e. The van der Waals surface area contributed by atoms with E-state index in [4.69, 9.17) is 10.2 Å². The fourth-order valence-electron chi connectivity index (χ4n) is 1.16. The lowest BCUT2D eigenvalue weighted by molar-refractivity contribution is -0.441. The van der Waals surface area contributed by atoms with E-state index < -0.39 is 48.5 Å². The summed E-state index contributed by atoms with van der Waals surface area (Å²) >= 11 is 0. The fourth-order valence-corrected chi connectivity index (χ4v) is 1.16. The Morgan fingerprint density at radius 2 is 0.826 bits per heavy atom. The maximum Gasteiger partial charge on any atom is 0.460 e. The monoisotopic (exact) mass is 380 g/mol. The molecule has 140 valence electrons. The summed E-state index contributed by atoms with van der Waals surface area (Å²) in [5, 5.41) is 16.0. The zero-order valence-corrected chi connectivity index (χ0v) is 10.1. The van der Waals surface area contributed by atoms with Crippen molar-refractivity contribution in [3.8, 4) is 0 Å². The lowest BCUT2D eigenvalue weighted by Crippen LogP contribution is -2.70. The summed E-state index contributed by atoms with van der Waals surface area (Å²) in [6, 6.07) is 0. The molecular weight excluding hydrogens is 375 g/mol. The number of rotatable bonds is 6. The molecule has 2 N–H and O–H groups in total. The first kappa shape index (κ1) is 22.0. The molecule has 0 aliphatic carbocycles. The second kappa shape index (κ2) is 5.53. The van der Waals surface area contributed by atoms with Crippen LogP contribution < -0.4 is 0 Å². The van der Waals surface area contributed by atoms with Crippen molar-refractivity contribution in [2.45, 2.75) is 48.5 Å². The number of hydrogen-bond acceptors (Lipinski definition) is 2. The molecule has 0 bridgehead atoms. The summed E-state index contributed by atoms with van der Waals surface area (Å²) in [5.41, 5.74) is 0. The predicted octanol–water partition coefficient (Wildman–Crippen LogP) is 3.43. The van der Waals surface area contributed by atoms with Gasteiger partial charge in [-0.05, 0) is 0 Å². The van der Waals surface area contributed by atoms with Gasteiger partial charge in [0.2, 0.25) is 0 Å². The summed E-state index contributed by atoms with van der Waals surface area (Å²) in [6.07, 6.45) is -14.0. The summed E-state index contributed by atoms with van der Waals surface area (Å²) in [6.45, 7) is 0. The van der Waals surface area contributed by atoms with Gasteiger partial charge in [-0.15, -0.1) is 0 Å². The quantitative estimate of drug-likeness (QED) is 0.548. The van der Waals surface area contributed by atoms with Crippen molar-refractivity contribution in [3.63, 3.8) is 0 Å². The van der Waals surface area contributed by atoms with Crippen molar-refractivity contribution in [2.24, 2.45) is 0 Å². The van der Waals surface area contributed by atoms with Crippen molar-refractivity contribution in [1.82, 2.24) is 0 Å². The van der Waals surface area contributed by atoms with E-state index in [1.54, 1.807) is 0 Å². The minimum absolute atomic E-state index is 3.04. The molecule has 0 spiro atoms. The Bertz CT molecular complexity index is 424. The van der Waals surface area contributed by atoms with Gasteiger partial charge >= 0.3 is 35.8 Å². The maximum absolute atomic E-state index is 12.9. The molecule has 0 saturated heterocycles. The molecule has 0 amide bonds. The highest BCUT2D eigenvalue weighted by atomic mass is 19.4. The van der Waals surface area contributed by atoms with E-state index in [9.17, 15) is 57.1 Å². The second-order valence-electron chi connectivity index (χ2n) is 4.18. The molecule has 0 rings (SSSR count). The Hall–Kier alpha value is -0.990. The predicted molar refractivity (Wildman–Crippen MR) is 43.6 cm³/mol. The fraction of sp³-hybridized carbons (Fsp3) is 1.00. The third-order valence-corrected chi connectivity index (χ3v) is 2.44. The lowest BCUT2D eigenvalue weighted by Gasteiger charge is -2.39. The molecule has 0 heterocycles. The van der Waals surface area contributed by atoms with Gasteiger partial charge in [-0.2, -0.15) is 57.1 Å². The average Bonchev–Trinajstić information content (AvgIpc) is 2.24. The van der Waals surface area contributed by atoms with E-state index in [2.05, 4.69) is 0 Å². The molecule has 0 radical (unpaired) electrons. The maximum atomic E-state index is 12.9. The summed E-state index contributed by atoms with van der Waals surface area (Å²) < 4.78 is 162. The van der Waals surface area contributed by atoms with E-state index in [1.165, 1.54) is 0 Å². The Labute approximate surface area is 117 Å². The first-order chi connectivity index (χ1) is 9.67. The van der Waals surface area contributed by atoms with Crippen LogP contribution in [0.5, 0.6) is 0 Å². The Balaban J connectivity index is 6.14. The van der Waals surface area contributed by atoms with Crippen LogP contribution in [0.4, 0.5) is 57.1 Å². The Morgan fingerprint density at radius 1 is 0.522 bits per heavy atom.